The van der Waals surface area contributed by atoms with Gasteiger partial charge in [-0.05, 0) is 50.1 Å². The van der Waals surface area contributed by atoms with Crippen LogP contribution in [0.4, 0.5) is 5.69 Å². The summed E-state index contributed by atoms with van der Waals surface area (Å²) in [5.74, 6) is -0.100. The number of nitrogens with zero attached hydrogens (tertiary/aromatic N) is 1. The van der Waals surface area contributed by atoms with Gasteiger partial charge in [-0.15, -0.1) is 0 Å². The van der Waals surface area contributed by atoms with Crippen molar-refractivity contribution in [2.24, 2.45) is 0 Å². The first-order valence-electron chi connectivity index (χ1n) is 8.42. The maximum Gasteiger partial charge on any atom is 0.251 e. The van der Waals surface area contributed by atoms with Crippen LogP contribution in [0.5, 0.6) is 0 Å². The zero-order chi connectivity index (χ0) is 18.0. The maximum absolute atomic E-state index is 12.5. The van der Waals surface area contributed by atoms with Gasteiger partial charge in [0.15, 0.2) is 0 Å². The lowest BCUT2D eigenvalue weighted by atomic mass is 10.0. The minimum absolute atomic E-state index is 0.0653. The Morgan fingerprint density at radius 1 is 1.00 bits per heavy atom. The van der Waals surface area contributed by atoms with E-state index in [0.717, 1.165) is 27.7 Å². The first kappa shape index (κ1) is 17.0. The Morgan fingerprint density at radius 2 is 1.72 bits per heavy atom. The van der Waals surface area contributed by atoms with E-state index in [1.165, 1.54) is 5.56 Å². The number of para-hydroxylation sites is 1. The Kier molecular flexibility index (Phi) is 4.70. The molecule has 4 heteroatoms. The van der Waals surface area contributed by atoms with Crippen molar-refractivity contribution in [1.29, 1.82) is 0 Å². The predicted octanol–water partition coefficient (Wildman–Crippen LogP) is 3.96. The topological polar surface area (TPSA) is 51.1 Å². The number of rotatable bonds is 4. The van der Waals surface area contributed by atoms with Crippen LogP contribution in [0.1, 0.15) is 23.1 Å². The van der Waals surface area contributed by atoms with E-state index in [0.29, 0.717) is 6.54 Å². The molecule has 1 N–H and O–H groups in total. The highest BCUT2D eigenvalue weighted by Crippen LogP contribution is 2.22. The monoisotopic (exact) mass is 334 g/mol. The predicted molar refractivity (Wildman–Crippen MR) is 102 cm³/mol. The molecule has 0 atom stereocenters. The van der Waals surface area contributed by atoms with Gasteiger partial charge in [-0.25, -0.2) is 0 Å². The highest BCUT2D eigenvalue weighted by Gasteiger charge is 2.11. The minimum atomic E-state index is -0.100. The fourth-order valence-electron chi connectivity index (χ4n) is 3.25. The molecule has 1 heterocycles. The normalized spacial score (nSPS) is 10.8. The number of aromatic nitrogens is 1. The number of carbonyl (C=O) groups excluding carboxylic acids is 1. The second-order valence-electron chi connectivity index (χ2n) is 6.46. The summed E-state index contributed by atoms with van der Waals surface area (Å²) >= 11 is 0. The van der Waals surface area contributed by atoms with Crippen molar-refractivity contribution < 1.29 is 4.79 Å². The molecule has 0 saturated heterocycles. The molecule has 0 fully saturated rings. The van der Waals surface area contributed by atoms with Crippen LogP contribution >= 0.6 is 0 Å². The van der Waals surface area contributed by atoms with E-state index in [1.807, 2.05) is 44.2 Å². The Balaban J connectivity index is 1.89. The van der Waals surface area contributed by atoms with Crippen molar-refractivity contribution in [2.75, 3.05) is 5.32 Å². The number of hydrogen-bond donors (Lipinski definition) is 1. The lowest BCUT2D eigenvalue weighted by Crippen LogP contribution is -2.24. The molecule has 0 aliphatic carbocycles. The van der Waals surface area contributed by atoms with Gasteiger partial charge in [0.05, 0.1) is 5.52 Å². The summed E-state index contributed by atoms with van der Waals surface area (Å²) in [6.07, 6.45) is 0.250. The van der Waals surface area contributed by atoms with E-state index in [2.05, 4.69) is 24.4 Å². The van der Waals surface area contributed by atoms with E-state index >= 15 is 0 Å². The molecule has 3 rings (SSSR count). The number of fused-ring (bicyclic) bond motifs is 1. The third kappa shape index (κ3) is 3.63. The van der Waals surface area contributed by atoms with Crippen molar-refractivity contribution in [3.8, 4) is 0 Å². The molecule has 25 heavy (non-hydrogen) atoms. The molecule has 0 bridgehead atoms. The largest absolute Gasteiger partial charge is 0.326 e. The Morgan fingerprint density at radius 3 is 2.44 bits per heavy atom. The number of hydrogen-bond acceptors (Lipinski definition) is 2. The number of pyridine rings is 1. The smallest absolute Gasteiger partial charge is 0.251 e. The van der Waals surface area contributed by atoms with Gasteiger partial charge < -0.3 is 9.88 Å². The summed E-state index contributed by atoms with van der Waals surface area (Å²) in [7, 11) is 0. The Labute approximate surface area is 147 Å². The molecule has 2 aromatic carbocycles. The summed E-state index contributed by atoms with van der Waals surface area (Å²) in [6, 6.07) is 15.2. The number of anilines is 1. The van der Waals surface area contributed by atoms with Gasteiger partial charge in [-0.3, -0.25) is 9.59 Å². The molecule has 1 aromatic heterocycles. The van der Waals surface area contributed by atoms with Crippen LogP contribution in [0, 0.1) is 20.8 Å². The van der Waals surface area contributed by atoms with Crippen molar-refractivity contribution in [3.05, 3.63) is 75.6 Å². The van der Waals surface area contributed by atoms with E-state index in [-0.39, 0.29) is 17.9 Å². The molecule has 128 valence electrons. The Hall–Kier alpha value is -2.88. The van der Waals surface area contributed by atoms with Crippen molar-refractivity contribution in [1.82, 2.24) is 4.57 Å². The summed E-state index contributed by atoms with van der Waals surface area (Å²) in [5, 5.41) is 3.93. The van der Waals surface area contributed by atoms with Crippen LogP contribution in [-0.2, 0) is 11.3 Å². The van der Waals surface area contributed by atoms with Crippen LogP contribution < -0.4 is 10.9 Å². The van der Waals surface area contributed by atoms with Crippen LogP contribution in [0.2, 0.25) is 0 Å². The summed E-state index contributed by atoms with van der Waals surface area (Å²) in [6.45, 7) is 6.37. The summed E-state index contributed by atoms with van der Waals surface area (Å²) in [5.41, 5.74) is 4.81. The third-order valence-corrected chi connectivity index (χ3v) is 4.37. The fourth-order valence-corrected chi connectivity index (χ4v) is 3.25. The molecular formula is C21H22N2O2. The Bertz CT molecular complexity index is 988. The molecule has 0 aliphatic rings. The highest BCUT2D eigenvalue weighted by atomic mass is 16.1. The lowest BCUT2D eigenvalue weighted by Gasteiger charge is -2.15. The summed E-state index contributed by atoms with van der Waals surface area (Å²) < 4.78 is 1.71. The fraction of sp³-hybridized carbons (Fsp3) is 0.238. The van der Waals surface area contributed by atoms with E-state index < -0.39 is 0 Å². The molecule has 0 aliphatic heterocycles. The quantitative estimate of drug-likeness (QED) is 0.785. The van der Waals surface area contributed by atoms with E-state index in [1.54, 1.807) is 10.6 Å². The second-order valence-corrected chi connectivity index (χ2v) is 6.46. The molecule has 0 unspecified atom stereocenters. The second kappa shape index (κ2) is 6.93. The van der Waals surface area contributed by atoms with Gasteiger partial charge in [-0.2, -0.15) is 0 Å². The third-order valence-electron chi connectivity index (χ3n) is 4.37. The first-order chi connectivity index (χ1) is 12.0. The maximum atomic E-state index is 12.5. The number of carbonyl (C=O) groups is 1. The SMILES string of the molecule is Cc1cc(C)c2c(c1)c(C)cc(=O)n2CCC(=O)Nc1ccccc1. The zero-order valence-electron chi connectivity index (χ0n) is 14.8. The molecule has 4 nitrogen and oxygen atoms in total. The van der Waals surface area contributed by atoms with Gasteiger partial charge in [0.1, 0.15) is 0 Å². The zero-order valence-corrected chi connectivity index (χ0v) is 14.8. The van der Waals surface area contributed by atoms with Gasteiger partial charge in [-0.1, -0.05) is 29.8 Å². The van der Waals surface area contributed by atoms with Crippen molar-refractivity contribution in [3.63, 3.8) is 0 Å². The number of benzene rings is 2. The average molecular weight is 334 g/mol. The molecule has 0 radical (unpaired) electrons. The van der Waals surface area contributed by atoms with E-state index in [4.69, 9.17) is 0 Å². The first-order valence-corrected chi connectivity index (χ1v) is 8.42. The number of nitrogens with one attached hydrogen (secondary N) is 1. The minimum Gasteiger partial charge on any atom is -0.326 e. The lowest BCUT2D eigenvalue weighted by molar-refractivity contribution is -0.116. The summed E-state index contributed by atoms with van der Waals surface area (Å²) in [4.78, 5) is 24.7. The molecule has 0 saturated carbocycles. The number of aryl methyl sites for hydroxylation is 4. The molecule has 1 amide bonds. The van der Waals surface area contributed by atoms with Gasteiger partial charge >= 0.3 is 0 Å². The standard InChI is InChI=1S/C21H22N2O2/c1-14-11-16(3)21-18(12-14)15(2)13-20(25)23(21)10-9-19(24)22-17-7-5-4-6-8-17/h4-8,11-13H,9-10H2,1-3H3,(H,22,24). The van der Waals surface area contributed by atoms with E-state index in [9.17, 15) is 9.59 Å². The van der Waals surface area contributed by atoms with Crippen molar-refractivity contribution in [2.45, 2.75) is 33.7 Å². The number of amides is 1. The van der Waals surface area contributed by atoms with Crippen molar-refractivity contribution >= 4 is 22.5 Å². The highest BCUT2D eigenvalue weighted by molar-refractivity contribution is 5.91. The van der Waals surface area contributed by atoms with Crippen LogP contribution in [0.3, 0.4) is 0 Å². The molecular weight excluding hydrogens is 312 g/mol. The van der Waals surface area contributed by atoms with Gasteiger partial charge in [0, 0.05) is 30.1 Å². The van der Waals surface area contributed by atoms with Crippen LogP contribution in [0.25, 0.3) is 10.9 Å². The molecule has 0 spiro atoms. The van der Waals surface area contributed by atoms with Crippen LogP contribution in [0.15, 0.2) is 53.3 Å². The molecule has 3 aromatic rings. The van der Waals surface area contributed by atoms with Gasteiger partial charge in [0.2, 0.25) is 5.91 Å². The van der Waals surface area contributed by atoms with Crippen LogP contribution in [-0.4, -0.2) is 10.5 Å². The average Bonchev–Trinajstić information content (AvgIpc) is 2.56. The van der Waals surface area contributed by atoms with Gasteiger partial charge in [0.25, 0.3) is 5.56 Å².